The molecule has 30 heavy (non-hydrogen) atoms. The molecule has 2 heterocycles. The first-order valence-electron chi connectivity index (χ1n) is 10.2. The number of halogens is 1. The smallest absolute Gasteiger partial charge is 0.261 e. The van der Waals surface area contributed by atoms with Crippen LogP contribution in [0, 0.1) is 12.7 Å². The van der Waals surface area contributed by atoms with E-state index in [4.69, 9.17) is 0 Å². The lowest BCUT2D eigenvalue weighted by molar-refractivity contribution is -0.131. The van der Waals surface area contributed by atoms with Gasteiger partial charge in [-0.1, -0.05) is 30.3 Å². The van der Waals surface area contributed by atoms with E-state index in [9.17, 15) is 14.0 Å². The topological polar surface area (TPSA) is 58.4 Å². The van der Waals surface area contributed by atoms with Crippen molar-refractivity contribution >= 4 is 16.8 Å². The van der Waals surface area contributed by atoms with Gasteiger partial charge in [-0.15, -0.1) is 0 Å². The molecular weight excluding hydrogens is 383 g/mol. The van der Waals surface area contributed by atoms with Gasteiger partial charge in [0.1, 0.15) is 18.2 Å². The van der Waals surface area contributed by atoms with Crippen molar-refractivity contribution in [3.63, 3.8) is 0 Å². The van der Waals surface area contributed by atoms with Gasteiger partial charge in [0, 0.05) is 38.3 Å². The van der Waals surface area contributed by atoms with Gasteiger partial charge in [-0.25, -0.2) is 9.37 Å². The number of benzene rings is 2. The monoisotopic (exact) mass is 408 g/mol. The third-order valence-electron chi connectivity index (χ3n) is 5.64. The molecule has 3 aromatic rings. The van der Waals surface area contributed by atoms with Crippen LogP contribution in [0.4, 0.5) is 4.39 Å². The predicted octanol–water partition coefficient (Wildman–Crippen LogP) is 2.58. The van der Waals surface area contributed by atoms with Crippen LogP contribution in [0.15, 0.2) is 53.3 Å². The number of rotatable bonds is 4. The lowest BCUT2D eigenvalue weighted by atomic mass is 10.2. The molecule has 0 saturated carbocycles. The summed E-state index contributed by atoms with van der Waals surface area (Å²) in [5.74, 6) is 0.237. The lowest BCUT2D eigenvalue weighted by Gasteiger charge is -2.23. The van der Waals surface area contributed by atoms with E-state index in [0.717, 1.165) is 13.0 Å². The van der Waals surface area contributed by atoms with E-state index in [2.05, 4.69) is 9.88 Å². The van der Waals surface area contributed by atoms with Crippen molar-refractivity contribution in [2.45, 2.75) is 26.4 Å². The van der Waals surface area contributed by atoms with Gasteiger partial charge in [-0.2, -0.15) is 0 Å². The highest BCUT2D eigenvalue weighted by Gasteiger charge is 2.21. The third kappa shape index (κ3) is 4.26. The maximum atomic E-state index is 14.0. The Morgan fingerprint density at radius 1 is 1.03 bits per heavy atom. The van der Waals surface area contributed by atoms with Crippen LogP contribution >= 0.6 is 0 Å². The van der Waals surface area contributed by atoms with Crippen molar-refractivity contribution in [2.75, 3.05) is 26.2 Å². The predicted molar refractivity (Wildman–Crippen MR) is 114 cm³/mol. The fourth-order valence-corrected chi connectivity index (χ4v) is 3.95. The van der Waals surface area contributed by atoms with Crippen molar-refractivity contribution in [3.8, 4) is 0 Å². The van der Waals surface area contributed by atoms with Crippen LogP contribution in [0.25, 0.3) is 10.9 Å². The SMILES string of the molecule is Cc1nc2ccccc2c(=O)n1CC(=O)N1CCCN(Cc2ccccc2F)CC1. The van der Waals surface area contributed by atoms with E-state index >= 15 is 0 Å². The number of para-hydroxylation sites is 1. The molecule has 0 aliphatic carbocycles. The van der Waals surface area contributed by atoms with Gasteiger partial charge in [-0.3, -0.25) is 19.1 Å². The van der Waals surface area contributed by atoms with Gasteiger partial charge in [0.25, 0.3) is 5.56 Å². The Kier molecular flexibility index (Phi) is 5.90. The average molecular weight is 408 g/mol. The normalized spacial score (nSPS) is 15.3. The summed E-state index contributed by atoms with van der Waals surface area (Å²) in [4.78, 5) is 34.2. The largest absolute Gasteiger partial charge is 0.340 e. The molecule has 0 bridgehead atoms. The molecule has 1 amide bonds. The summed E-state index contributed by atoms with van der Waals surface area (Å²) < 4.78 is 15.4. The van der Waals surface area contributed by atoms with Crippen LogP contribution in [0.2, 0.25) is 0 Å². The molecular formula is C23H25FN4O2. The fraction of sp³-hybridized carbons (Fsp3) is 0.348. The molecule has 6 nitrogen and oxygen atoms in total. The fourth-order valence-electron chi connectivity index (χ4n) is 3.95. The van der Waals surface area contributed by atoms with E-state index in [1.165, 1.54) is 10.6 Å². The minimum absolute atomic E-state index is 0.0180. The molecule has 7 heteroatoms. The van der Waals surface area contributed by atoms with Gasteiger partial charge < -0.3 is 4.90 Å². The first kappa shape index (κ1) is 20.2. The maximum absolute atomic E-state index is 14.0. The molecule has 0 spiro atoms. The molecule has 1 aliphatic heterocycles. The second-order valence-electron chi connectivity index (χ2n) is 7.67. The highest BCUT2D eigenvalue weighted by Crippen LogP contribution is 2.13. The summed E-state index contributed by atoms with van der Waals surface area (Å²) in [7, 11) is 0. The quantitative estimate of drug-likeness (QED) is 0.666. The molecule has 0 radical (unpaired) electrons. The van der Waals surface area contributed by atoms with Crippen molar-refractivity contribution in [2.24, 2.45) is 0 Å². The minimum atomic E-state index is -0.201. The summed E-state index contributed by atoms with van der Waals surface area (Å²) in [5, 5.41) is 0.517. The second kappa shape index (κ2) is 8.75. The number of nitrogens with zero attached hydrogens (tertiary/aromatic N) is 4. The highest BCUT2D eigenvalue weighted by molar-refractivity contribution is 5.79. The molecule has 1 aliphatic rings. The molecule has 1 aromatic heterocycles. The number of amides is 1. The Bertz CT molecular complexity index is 1130. The van der Waals surface area contributed by atoms with Crippen LogP contribution in [0.3, 0.4) is 0 Å². The zero-order chi connectivity index (χ0) is 21.1. The lowest BCUT2D eigenvalue weighted by Crippen LogP contribution is -2.39. The van der Waals surface area contributed by atoms with Gasteiger partial charge >= 0.3 is 0 Å². The first-order valence-corrected chi connectivity index (χ1v) is 10.2. The summed E-state index contributed by atoms with van der Waals surface area (Å²) in [6.07, 6.45) is 0.810. The van der Waals surface area contributed by atoms with Crippen molar-refractivity contribution < 1.29 is 9.18 Å². The Labute approximate surface area is 174 Å². The van der Waals surface area contributed by atoms with Gasteiger partial charge in [0.05, 0.1) is 10.9 Å². The number of hydrogen-bond acceptors (Lipinski definition) is 4. The number of fused-ring (bicyclic) bond motifs is 1. The zero-order valence-electron chi connectivity index (χ0n) is 17.1. The number of carbonyl (C=O) groups excluding carboxylic acids is 1. The van der Waals surface area contributed by atoms with Crippen LogP contribution in [-0.2, 0) is 17.9 Å². The Hall–Kier alpha value is -3.06. The second-order valence-corrected chi connectivity index (χ2v) is 7.67. The molecule has 4 rings (SSSR count). The van der Waals surface area contributed by atoms with Gasteiger partial charge in [0.15, 0.2) is 0 Å². The summed E-state index contributed by atoms with van der Waals surface area (Å²) in [6, 6.07) is 14.0. The van der Waals surface area contributed by atoms with Crippen LogP contribution in [0.5, 0.6) is 0 Å². The summed E-state index contributed by atoms with van der Waals surface area (Å²) in [6.45, 7) is 4.92. The van der Waals surface area contributed by atoms with E-state index in [1.54, 1.807) is 42.2 Å². The van der Waals surface area contributed by atoms with Crippen LogP contribution < -0.4 is 5.56 Å². The molecule has 1 saturated heterocycles. The molecule has 156 valence electrons. The average Bonchev–Trinajstić information content (AvgIpc) is 2.98. The van der Waals surface area contributed by atoms with Gasteiger partial charge in [0.2, 0.25) is 5.91 Å². The number of aryl methyl sites for hydroxylation is 1. The highest BCUT2D eigenvalue weighted by atomic mass is 19.1. The molecule has 2 aromatic carbocycles. The number of hydrogen-bond donors (Lipinski definition) is 0. The summed E-state index contributed by atoms with van der Waals surface area (Å²) in [5.41, 5.74) is 1.12. The van der Waals surface area contributed by atoms with E-state index in [0.29, 0.717) is 48.5 Å². The van der Waals surface area contributed by atoms with Crippen molar-refractivity contribution in [1.29, 1.82) is 0 Å². The first-order chi connectivity index (χ1) is 14.5. The van der Waals surface area contributed by atoms with E-state index in [-0.39, 0.29) is 23.8 Å². The Morgan fingerprint density at radius 2 is 1.80 bits per heavy atom. The van der Waals surface area contributed by atoms with E-state index in [1.807, 2.05) is 12.1 Å². The molecule has 1 fully saturated rings. The zero-order valence-corrected chi connectivity index (χ0v) is 17.1. The number of aromatic nitrogens is 2. The van der Waals surface area contributed by atoms with E-state index < -0.39 is 0 Å². The Morgan fingerprint density at radius 3 is 2.63 bits per heavy atom. The summed E-state index contributed by atoms with van der Waals surface area (Å²) >= 11 is 0. The maximum Gasteiger partial charge on any atom is 0.261 e. The van der Waals surface area contributed by atoms with Crippen LogP contribution in [0.1, 0.15) is 17.8 Å². The van der Waals surface area contributed by atoms with Crippen molar-refractivity contribution in [3.05, 3.63) is 76.1 Å². The molecule has 0 unspecified atom stereocenters. The third-order valence-corrected chi connectivity index (χ3v) is 5.64. The standard InChI is InChI=1S/C23H25FN4O2/c1-17-25-21-10-5-3-8-19(21)23(30)28(17)16-22(29)27-12-6-11-26(13-14-27)15-18-7-2-4-9-20(18)24/h2-5,7-10H,6,11-16H2,1H3. The van der Waals surface area contributed by atoms with Crippen molar-refractivity contribution in [1.82, 2.24) is 19.4 Å². The number of carbonyl (C=O) groups is 1. The minimum Gasteiger partial charge on any atom is -0.340 e. The van der Waals surface area contributed by atoms with Gasteiger partial charge in [-0.05, 0) is 31.5 Å². The molecule has 0 N–H and O–H groups in total. The van der Waals surface area contributed by atoms with Crippen LogP contribution in [-0.4, -0.2) is 51.4 Å². The molecule has 0 atom stereocenters. The Balaban J connectivity index is 1.44.